The third kappa shape index (κ3) is 2.58. The van der Waals surface area contributed by atoms with E-state index in [4.69, 9.17) is 23.2 Å². The van der Waals surface area contributed by atoms with E-state index in [1.54, 1.807) is 0 Å². The highest BCUT2D eigenvalue weighted by Gasteiger charge is 2.17. The predicted molar refractivity (Wildman–Crippen MR) is 50.0 cm³/mol. The Hall–Kier alpha value is -1.33. The Balaban J connectivity index is 3.14. The molecule has 0 spiro atoms. The number of ether oxygens (including phenoxy) is 1. The number of nitrogens with zero attached hydrogens (tertiary/aromatic N) is 1. The fourth-order valence-electron chi connectivity index (χ4n) is 0.806. The van der Waals surface area contributed by atoms with Gasteiger partial charge in [0.25, 0.3) is 0 Å². The highest BCUT2D eigenvalue weighted by Crippen LogP contribution is 2.30. The number of rotatable bonds is 2. The Morgan fingerprint density at radius 2 is 2.14 bits per heavy atom. The van der Waals surface area contributed by atoms with Crippen molar-refractivity contribution in [3.8, 4) is 5.75 Å². The quantitative estimate of drug-likeness (QED) is 0.449. The molecule has 0 bridgehead atoms. The van der Waals surface area contributed by atoms with Crippen molar-refractivity contribution in [1.82, 2.24) is 0 Å². The van der Waals surface area contributed by atoms with Gasteiger partial charge < -0.3 is 4.74 Å². The minimum Gasteiger partial charge on any atom is -0.407 e. The van der Waals surface area contributed by atoms with Crippen molar-refractivity contribution in [2.75, 3.05) is 0 Å². The molecule has 0 aliphatic heterocycles. The summed E-state index contributed by atoms with van der Waals surface area (Å²) in [7, 11) is 0. The summed E-state index contributed by atoms with van der Waals surface area (Å²) in [5.41, 5.74) is -1.55. The molecule has 0 unspecified atom stereocenters. The highest BCUT2D eigenvalue weighted by atomic mass is 35.5. The largest absolute Gasteiger partial charge is 0.409 e. The molecule has 0 saturated carbocycles. The molecule has 0 aromatic heterocycles. The molecule has 7 heteroatoms. The zero-order valence-electron chi connectivity index (χ0n) is 6.57. The van der Waals surface area contributed by atoms with E-state index in [0.717, 1.165) is 6.07 Å². The first-order valence-corrected chi connectivity index (χ1v) is 4.07. The number of carbonyl (C=O) groups is 1. The molecule has 1 aromatic rings. The molecule has 0 aliphatic carbocycles. The van der Waals surface area contributed by atoms with Crippen molar-refractivity contribution in [3.05, 3.63) is 33.3 Å². The summed E-state index contributed by atoms with van der Waals surface area (Å²) in [5, 5.41) is 10.6. The lowest BCUT2D eigenvalue weighted by atomic mass is 10.3. The molecular formula is C7H3Cl2NO4. The Kier molecular flexibility index (Phi) is 3.27. The van der Waals surface area contributed by atoms with E-state index < -0.39 is 16.0 Å². The molecule has 0 fully saturated rings. The third-order valence-electron chi connectivity index (χ3n) is 1.31. The van der Waals surface area contributed by atoms with E-state index in [-0.39, 0.29) is 10.8 Å². The minimum atomic E-state index is -1.14. The van der Waals surface area contributed by atoms with Crippen LogP contribution in [0.2, 0.25) is 5.02 Å². The standard InChI is InChI=1S/C7H3Cl2NO4/c8-4-1-2-6(14-7(9)11)5(3-4)10(12)13/h1-3H. The van der Waals surface area contributed by atoms with Crippen molar-refractivity contribution in [2.45, 2.75) is 0 Å². The van der Waals surface area contributed by atoms with Crippen LogP contribution in [0.15, 0.2) is 18.2 Å². The lowest BCUT2D eigenvalue weighted by molar-refractivity contribution is -0.385. The summed E-state index contributed by atoms with van der Waals surface area (Å²) >= 11 is 10.4. The average molecular weight is 236 g/mol. The van der Waals surface area contributed by atoms with E-state index in [0.29, 0.717) is 0 Å². The van der Waals surface area contributed by atoms with Gasteiger partial charge in [-0.05, 0) is 12.1 Å². The first-order valence-electron chi connectivity index (χ1n) is 3.32. The van der Waals surface area contributed by atoms with Gasteiger partial charge in [-0.3, -0.25) is 10.1 Å². The summed E-state index contributed by atoms with van der Waals surface area (Å²) < 4.78 is 4.39. The topological polar surface area (TPSA) is 69.4 Å². The molecule has 0 atom stereocenters. The minimum absolute atomic E-state index is 0.172. The Morgan fingerprint density at radius 3 is 2.64 bits per heavy atom. The van der Waals surface area contributed by atoms with Crippen molar-refractivity contribution >= 4 is 34.3 Å². The van der Waals surface area contributed by atoms with Gasteiger partial charge in [-0.2, -0.15) is 0 Å². The Morgan fingerprint density at radius 1 is 1.50 bits per heavy atom. The molecule has 5 nitrogen and oxygen atoms in total. The average Bonchev–Trinajstić information content (AvgIpc) is 2.07. The molecule has 0 radical (unpaired) electrons. The lowest BCUT2D eigenvalue weighted by Gasteiger charge is -2.00. The zero-order valence-corrected chi connectivity index (χ0v) is 8.08. The van der Waals surface area contributed by atoms with Crippen LogP contribution in [0.3, 0.4) is 0 Å². The fraction of sp³-hybridized carbons (Fsp3) is 0. The van der Waals surface area contributed by atoms with Gasteiger partial charge in [0, 0.05) is 22.7 Å². The van der Waals surface area contributed by atoms with Gasteiger partial charge in [0.05, 0.1) is 4.92 Å². The van der Waals surface area contributed by atoms with Crippen molar-refractivity contribution in [3.63, 3.8) is 0 Å². The van der Waals surface area contributed by atoms with Crippen LogP contribution in [0.1, 0.15) is 0 Å². The van der Waals surface area contributed by atoms with Crippen LogP contribution in [0.4, 0.5) is 10.5 Å². The molecule has 0 amide bonds. The summed E-state index contributed by atoms with van der Waals surface area (Å²) in [4.78, 5) is 20.1. The number of nitro groups is 1. The van der Waals surface area contributed by atoms with Gasteiger partial charge in [0.1, 0.15) is 0 Å². The lowest BCUT2D eigenvalue weighted by Crippen LogP contribution is -2.00. The molecule has 0 heterocycles. The van der Waals surface area contributed by atoms with Crippen molar-refractivity contribution < 1.29 is 14.5 Å². The van der Waals surface area contributed by atoms with E-state index >= 15 is 0 Å². The Labute approximate surface area is 88.3 Å². The Bertz CT molecular complexity index is 393. The first-order chi connectivity index (χ1) is 6.50. The maximum Gasteiger partial charge on any atom is 0.409 e. The van der Waals surface area contributed by atoms with Crippen LogP contribution in [-0.4, -0.2) is 10.4 Å². The molecule has 14 heavy (non-hydrogen) atoms. The van der Waals surface area contributed by atoms with Crippen LogP contribution in [0.25, 0.3) is 0 Å². The van der Waals surface area contributed by atoms with Gasteiger partial charge >= 0.3 is 11.1 Å². The van der Waals surface area contributed by atoms with Crippen LogP contribution in [-0.2, 0) is 0 Å². The van der Waals surface area contributed by atoms with Crippen molar-refractivity contribution in [2.24, 2.45) is 0 Å². The SMILES string of the molecule is O=C(Cl)Oc1ccc(Cl)cc1[N+](=O)[O-]. The van der Waals surface area contributed by atoms with Crippen LogP contribution >= 0.6 is 23.2 Å². The second kappa shape index (κ2) is 4.26. The van der Waals surface area contributed by atoms with Gasteiger partial charge in [-0.1, -0.05) is 11.6 Å². The van der Waals surface area contributed by atoms with E-state index in [1.165, 1.54) is 12.1 Å². The van der Waals surface area contributed by atoms with Crippen LogP contribution in [0.5, 0.6) is 5.75 Å². The maximum atomic E-state index is 10.5. The number of hydrogen-bond acceptors (Lipinski definition) is 4. The number of halogens is 2. The van der Waals surface area contributed by atoms with E-state index in [1.807, 2.05) is 0 Å². The molecule has 0 aliphatic rings. The van der Waals surface area contributed by atoms with E-state index in [2.05, 4.69) is 4.74 Å². The van der Waals surface area contributed by atoms with Crippen LogP contribution in [0, 0.1) is 10.1 Å². The number of nitro benzene ring substituents is 1. The third-order valence-corrected chi connectivity index (χ3v) is 1.62. The van der Waals surface area contributed by atoms with Gasteiger partial charge in [0.15, 0.2) is 0 Å². The normalized spacial score (nSPS) is 9.57. The van der Waals surface area contributed by atoms with Crippen molar-refractivity contribution in [1.29, 1.82) is 0 Å². The molecular weight excluding hydrogens is 233 g/mol. The summed E-state index contributed by atoms with van der Waals surface area (Å²) in [5.74, 6) is -0.237. The second-order valence-corrected chi connectivity index (χ2v) is 2.95. The van der Waals surface area contributed by atoms with E-state index in [9.17, 15) is 14.9 Å². The smallest absolute Gasteiger partial charge is 0.407 e. The number of benzene rings is 1. The number of hydrogen-bond donors (Lipinski definition) is 0. The van der Waals surface area contributed by atoms with Gasteiger partial charge in [-0.15, -0.1) is 0 Å². The second-order valence-electron chi connectivity index (χ2n) is 2.21. The summed E-state index contributed by atoms with van der Waals surface area (Å²) in [6, 6.07) is 3.61. The maximum absolute atomic E-state index is 10.5. The number of carbonyl (C=O) groups excluding carboxylic acids is 1. The van der Waals surface area contributed by atoms with Gasteiger partial charge in [-0.25, -0.2) is 4.79 Å². The molecule has 1 aromatic carbocycles. The van der Waals surface area contributed by atoms with Crippen LogP contribution < -0.4 is 4.74 Å². The molecule has 0 saturated heterocycles. The first kappa shape index (κ1) is 10.7. The highest BCUT2D eigenvalue weighted by molar-refractivity contribution is 6.61. The fourth-order valence-corrected chi connectivity index (χ4v) is 1.06. The summed E-state index contributed by atoms with van der Waals surface area (Å²) in [6.07, 6.45) is 0. The molecule has 0 N–H and O–H groups in total. The monoisotopic (exact) mass is 235 g/mol. The molecule has 1 rings (SSSR count). The zero-order chi connectivity index (χ0) is 10.7. The van der Waals surface area contributed by atoms with Gasteiger partial charge in [0.2, 0.25) is 5.75 Å². The predicted octanol–water partition coefficient (Wildman–Crippen LogP) is 2.99. The summed E-state index contributed by atoms with van der Waals surface area (Å²) in [6.45, 7) is 0. The molecule has 74 valence electrons.